The Hall–Kier alpha value is -4.25. The van der Waals surface area contributed by atoms with E-state index in [4.69, 9.17) is 9.72 Å². The number of benzene rings is 1. The molecule has 0 bridgehead atoms. The van der Waals surface area contributed by atoms with Crippen molar-refractivity contribution in [2.75, 3.05) is 18.3 Å². The van der Waals surface area contributed by atoms with E-state index in [1.165, 1.54) is 0 Å². The average molecular weight is 495 g/mol. The third-order valence-corrected chi connectivity index (χ3v) is 6.51. The highest BCUT2D eigenvalue weighted by Gasteiger charge is 2.32. The molecule has 0 unspecified atom stereocenters. The average Bonchev–Trinajstić information content (AvgIpc) is 3.77. The van der Waals surface area contributed by atoms with Crippen LogP contribution in [0, 0.1) is 11.3 Å². The van der Waals surface area contributed by atoms with Gasteiger partial charge in [0.15, 0.2) is 5.76 Å². The second-order valence-corrected chi connectivity index (χ2v) is 9.28. The minimum Gasteiger partial charge on any atom is -0.491 e. The zero-order chi connectivity index (χ0) is 25.8. The predicted molar refractivity (Wildman–Crippen MR) is 143 cm³/mol. The largest absolute Gasteiger partial charge is 0.491 e. The van der Waals surface area contributed by atoms with Gasteiger partial charge in [0, 0.05) is 29.7 Å². The second kappa shape index (κ2) is 10.8. The van der Waals surface area contributed by atoms with E-state index >= 15 is 0 Å². The van der Waals surface area contributed by atoms with Gasteiger partial charge in [0.05, 0.1) is 42.0 Å². The number of nitriles is 1. The van der Waals surface area contributed by atoms with Gasteiger partial charge in [0.25, 0.3) is 5.56 Å². The number of allylic oxidation sites excluding steroid dienone is 1. The predicted octanol–water partition coefficient (Wildman–Crippen LogP) is 4.46. The van der Waals surface area contributed by atoms with Crippen molar-refractivity contribution in [3.63, 3.8) is 0 Å². The number of hydrogen-bond donors (Lipinski definition) is 0. The quantitative estimate of drug-likeness (QED) is 0.436. The monoisotopic (exact) mass is 494 g/mol. The summed E-state index contributed by atoms with van der Waals surface area (Å²) in [6.07, 6.45) is 9.45. The summed E-state index contributed by atoms with van der Waals surface area (Å²) >= 11 is 0. The van der Waals surface area contributed by atoms with Gasteiger partial charge < -0.3 is 4.74 Å². The molecule has 37 heavy (non-hydrogen) atoms. The van der Waals surface area contributed by atoms with Crippen LogP contribution in [0.4, 0.5) is 0 Å². The number of ether oxygens (including phenoxy) is 1. The van der Waals surface area contributed by atoms with Gasteiger partial charge in [-0.3, -0.25) is 19.8 Å². The smallest absolute Gasteiger partial charge is 0.276 e. The summed E-state index contributed by atoms with van der Waals surface area (Å²) in [7, 11) is 0. The van der Waals surface area contributed by atoms with Crippen molar-refractivity contribution in [1.29, 1.82) is 5.26 Å². The molecule has 0 N–H and O–H groups in total. The first-order chi connectivity index (χ1) is 18.1. The molecule has 2 aromatic heterocycles. The maximum absolute atomic E-state index is 14.1. The number of aliphatic imine (C=N–C) groups is 1. The van der Waals surface area contributed by atoms with Gasteiger partial charge in [-0.05, 0) is 43.9 Å². The Kier molecular flexibility index (Phi) is 7.13. The molecule has 3 heterocycles. The Morgan fingerprint density at radius 3 is 2.70 bits per heavy atom. The van der Waals surface area contributed by atoms with Crippen molar-refractivity contribution in [2.24, 2.45) is 4.99 Å². The molecule has 0 amide bonds. The fourth-order valence-electron chi connectivity index (χ4n) is 4.58. The minimum absolute atomic E-state index is 0.0662. The summed E-state index contributed by atoms with van der Waals surface area (Å²) in [4.78, 5) is 28.1. The van der Waals surface area contributed by atoms with Crippen LogP contribution in [0.5, 0.6) is 0 Å². The molecule has 0 atom stereocenters. The van der Waals surface area contributed by atoms with Crippen LogP contribution in [-0.2, 0) is 17.6 Å². The van der Waals surface area contributed by atoms with Crippen molar-refractivity contribution in [3.8, 4) is 17.3 Å². The van der Waals surface area contributed by atoms with E-state index < -0.39 is 0 Å². The summed E-state index contributed by atoms with van der Waals surface area (Å²) in [5.41, 5.74) is 4.50. The number of aromatic nitrogens is 3. The van der Waals surface area contributed by atoms with Gasteiger partial charge in [-0.2, -0.15) is 5.26 Å². The molecule has 1 saturated carbocycles. The van der Waals surface area contributed by atoms with Gasteiger partial charge in [-0.25, -0.2) is 9.66 Å². The first kappa shape index (κ1) is 24.4. The SMILES string of the molecule is CCCc1nc(C2CC2)n(N2C=C(OCC)C=NC2)c(=O)c1Cc1ccc(-c2ccccc2C#N)nc1. The Labute approximate surface area is 216 Å². The van der Waals surface area contributed by atoms with Gasteiger partial charge in [-0.15, -0.1) is 0 Å². The third-order valence-electron chi connectivity index (χ3n) is 6.51. The van der Waals surface area contributed by atoms with E-state index in [0.29, 0.717) is 36.6 Å². The normalized spacial score (nSPS) is 14.8. The number of pyridine rings is 1. The van der Waals surface area contributed by atoms with E-state index in [0.717, 1.165) is 54.0 Å². The van der Waals surface area contributed by atoms with Crippen LogP contribution in [0.15, 0.2) is 64.3 Å². The van der Waals surface area contributed by atoms with Gasteiger partial charge in [0.1, 0.15) is 12.5 Å². The molecule has 188 valence electrons. The van der Waals surface area contributed by atoms with E-state index in [1.54, 1.807) is 23.2 Å². The minimum atomic E-state index is -0.0662. The van der Waals surface area contributed by atoms with Crippen molar-refractivity contribution in [1.82, 2.24) is 14.6 Å². The molecule has 2 aliphatic rings. The van der Waals surface area contributed by atoms with Crippen molar-refractivity contribution in [2.45, 2.75) is 51.9 Å². The maximum atomic E-state index is 14.1. The lowest BCUT2D eigenvalue weighted by molar-refractivity contribution is 0.247. The molecule has 1 aliphatic heterocycles. The highest BCUT2D eigenvalue weighted by Crippen LogP contribution is 2.39. The summed E-state index contributed by atoms with van der Waals surface area (Å²) in [5.74, 6) is 1.72. The van der Waals surface area contributed by atoms with Crippen LogP contribution < -0.4 is 10.6 Å². The fraction of sp³-hybridized carbons (Fsp3) is 0.345. The van der Waals surface area contributed by atoms with Crippen molar-refractivity contribution in [3.05, 3.63) is 93.1 Å². The van der Waals surface area contributed by atoms with E-state index in [1.807, 2.05) is 48.5 Å². The Morgan fingerprint density at radius 2 is 2.00 bits per heavy atom. The summed E-state index contributed by atoms with van der Waals surface area (Å²) < 4.78 is 7.35. The van der Waals surface area contributed by atoms with Crippen LogP contribution in [0.1, 0.15) is 67.2 Å². The standard InChI is InChI=1S/C29H30N6O2/c1-3-7-27-25(14-20-10-13-26(32-16-20)24-9-6-5-8-22(24)15-30)29(36)35(28(33-27)21-11-12-21)34-18-23(37-4-2)17-31-19-34/h5-6,8-10,13,16-18,21H,3-4,7,11-12,14,19H2,1-2H3. The molecule has 8 nitrogen and oxygen atoms in total. The lowest BCUT2D eigenvalue weighted by atomic mass is 10.0. The van der Waals surface area contributed by atoms with Gasteiger partial charge >= 0.3 is 0 Å². The molecule has 5 rings (SSSR count). The Bertz CT molecular complexity index is 1440. The topological polar surface area (TPSA) is 96.4 Å². The number of nitrogens with zero attached hydrogens (tertiary/aromatic N) is 6. The zero-order valence-electron chi connectivity index (χ0n) is 21.2. The molecular formula is C29H30N6O2. The van der Waals surface area contributed by atoms with E-state index in [2.05, 4.69) is 23.0 Å². The molecule has 1 aromatic carbocycles. The van der Waals surface area contributed by atoms with Crippen LogP contribution >= 0.6 is 0 Å². The first-order valence-corrected chi connectivity index (χ1v) is 12.8. The highest BCUT2D eigenvalue weighted by atomic mass is 16.5. The Morgan fingerprint density at radius 1 is 1.16 bits per heavy atom. The maximum Gasteiger partial charge on any atom is 0.276 e. The second-order valence-electron chi connectivity index (χ2n) is 9.28. The molecule has 0 radical (unpaired) electrons. The summed E-state index contributed by atoms with van der Waals surface area (Å²) in [5, 5.41) is 11.3. The molecule has 3 aromatic rings. The van der Waals surface area contributed by atoms with Crippen molar-refractivity contribution < 1.29 is 4.74 Å². The highest BCUT2D eigenvalue weighted by molar-refractivity contribution is 5.77. The fourth-order valence-corrected chi connectivity index (χ4v) is 4.58. The Balaban J connectivity index is 1.53. The van der Waals surface area contributed by atoms with Crippen molar-refractivity contribution >= 4 is 6.21 Å². The molecule has 1 aliphatic carbocycles. The molecule has 8 heteroatoms. The first-order valence-electron chi connectivity index (χ1n) is 12.8. The number of hydrogen-bond acceptors (Lipinski definition) is 7. The van der Waals surface area contributed by atoms with Crippen LogP contribution in [0.25, 0.3) is 11.3 Å². The number of rotatable bonds is 9. The van der Waals surface area contributed by atoms with Crippen LogP contribution in [0.3, 0.4) is 0 Å². The summed E-state index contributed by atoms with van der Waals surface area (Å²) in [6, 6.07) is 13.5. The molecule has 0 saturated heterocycles. The molecule has 0 spiro atoms. The van der Waals surface area contributed by atoms with Crippen LogP contribution in [0.2, 0.25) is 0 Å². The van der Waals surface area contributed by atoms with E-state index in [-0.39, 0.29) is 11.5 Å². The molecule has 1 fully saturated rings. The van der Waals surface area contributed by atoms with Gasteiger partial charge in [-0.1, -0.05) is 37.6 Å². The summed E-state index contributed by atoms with van der Waals surface area (Å²) in [6.45, 7) is 4.88. The van der Waals surface area contributed by atoms with Gasteiger partial charge in [0.2, 0.25) is 0 Å². The zero-order valence-corrected chi connectivity index (χ0v) is 21.2. The molecular weight excluding hydrogens is 464 g/mol. The lowest BCUT2D eigenvalue weighted by Crippen LogP contribution is -2.44. The third kappa shape index (κ3) is 5.17. The number of aryl methyl sites for hydroxylation is 1. The lowest BCUT2D eigenvalue weighted by Gasteiger charge is -2.27. The van der Waals surface area contributed by atoms with Crippen LogP contribution in [-0.4, -0.2) is 34.1 Å². The van der Waals surface area contributed by atoms with E-state index in [9.17, 15) is 10.1 Å².